The Kier molecular flexibility index (Phi) is 5.36. The minimum absolute atomic E-state index is 0.00303. The second-order valence-electron chi connectivity index (χ2n) is 3.33. The van der Waals surface area contributed by atoms with Crippen LogP contribution in [0, 0.1) is 0 Å². The number of hydrogen-bond acceptors (Lipinski definition) is 5. The summed E-state index contributed by atoms with van der Waals surface area (Å²) in [5, 5.41) is 16.5. The molecular formula is C10H16N2O4S. The van der Waals surface area contributed by atoms with Gasteiger partial charge in [0.1, 0.15) is 0 Å². The largest absolute Gasteiger partial charge is 0.394 e. The molecule has 1 rings (SSSR count). The Bertz CT molecular complexity index is 430. The number of benzene rings is 1. The molecule has 96 valence electrons. The normalized spacial score (nSPS) is 11.4. The predicted octanol–water partition coefficient (Wildman–Crippen LogP) is -0.245. The molecule has 0 aliphatic carbocycles. The average molecular weight is 260 g/mol. The van der Waals surface area contributed by atoms with Gasteiger partial charge in [0.05, 0.1) is 24.7 Å². The second-order valence-corrected chi connectivity index (χ2v) is 4.89. The van der Waals surface area contributed by atoms with Crippen LogP contribution in [0.5, 0.6) is 0 Å². The summed E-state index contributed by atoms with van der Waals surface area (Å²) in [5.74, 6) is 0. The van der Waals surface area contributed by atoms with Crippen LogP contribution in [0.2, 0.25) is 0 Å². The first-order chi connectivity index (χ1) is 8.04. The number of anilines is 1. The first-order valence-electron chi connectivity index (χ1n) is 5.09. The minimum atomic E-state index is -3.63. The predicted molar refractivity (Wildman–Crippen MR) is 64.2 cm³/mol. The molecule has 0 aliphatic heterocycles. The molecule has 0 amide bonds. The zero-order valence-corrected chi connectivity index (χ0v) is 10.1. The Hall–Kier alpha value is -1.15. The van der Waals surface area contributed by atoms with E-state index in [-0.39, 0.29) is 11.5 Å². The van der Waals surface area contributed by atoms with Crippen molar-refractivity contribution >= 4 is 15.7 Å². The van der Waals surface area contributed by atoms with Crippen molar-refractivity contribution in [2.24, 2.45) is 5.14 Å². The summed E-state index contributed by atoms with van der Waals surface area (Å²) in [6, 6.07) is 6.13. The average Bonchev–Trinajstić information content (AvgIpc) is 2.28. The number of hydrogen-bond donors (Lipinski definition) is 3. The van der Waals surface area contributed by atoms with E-state index in [0.717, 1.165) is 5.69 Å². The van der Waals surface area contributed by atoms with Gasteiger partial charge in [-0.1, -0.05) is 0 Å². The summed E-state index contributed by atoms with van der Waals surface area (Å²) in [6.45, 7) is 1.36. The highest BCUT2D eigenvalue weighted by atomic mass is 32.2. The van der Waals surface area contributed by atoms with Crippen LogP contribution >= 0.6 is 0 Å². The summed E-state index contributed by atoms with van der Waals surface area (Å²) >= 11 is 0. The Balaban J connectivity index is 2.41. The number of nitrogens with one attached hydrogen (secondary N) is 1. The number of sulfonamides is 1. The molecule has 0 aliphatic rings. The lowest BCUT2D eigenvalue weighted by Crippen LogP contribution is -2.13. The number of nitrogens with two attached hydrogens (primary N) is 1. The van der Waals surface area contributed by atoms with Crippen molar-refractivity contribution in [1.82, 2.24) is 0 Å². The lowest BCUT2D eigenvalue weighted by molar-refractivity contribution is 0.0992. The summed E-state index contributed by atoms with van der Waals surface area (Å²) in [5.41, 5.74) is 0.782. The van der Waals surface area contributed by atoms with Crippen molar-refractivity contribution in [2.45, 2.75) is 4.90 Å². The van der Waals surface area contributed by atoms with E-state index in [1.165, 1.54) is 12.1 Å². The van der Waals surface area contributed by atoms with Crippen molar-refractivity contribution in [3.63, 3.8) is 0 Å². The van der Waals surface area contributed by atoms with Crippen LogP contribution in [0.3, 0.4) is 0 Å². The molecule has 1 aromatic rings. The van der Waals surface area contributed by atoms with E-state index in [9.17, 15) is 8.42 Å². The van der Waals surface area contributed by atoms with Gasteiger partial charge in [0, 0.05) is 12.2 Å². The van der Waals surface area contributed by atoms with E-state index in [1.54, 1.807) is 12.1 Å². The van der Waals surface area contributed by atoms with E-state index >= 15 is 0 Å². The molecule has 0 saturated heterocycles. The number of aliphatic hydroxyl groups excluding tert-OH is 1. The second kappa shape index (κ2) is 6.55. The van der Waals surface area contributed by atoms with Crippen LogP contribution in [-0.4, -0.2) is 39.9 Å². The molecule has 0 unspecified atom stereocenters. The maximum absolute atomic E-state index is 11.0. The minimum Gasteiger partial charge on any atom is -0.394 e. The maximum Gasteiger partial charge on any atom is 0.238 e. The quantitative estimate of drug-likeness (QED) is 0.587. The Labute approximate surface area is 100 Å². The molecule has 0 saturated carbocycles. The Morgan fingerprint density at radius 2 is 1.88 bits per heavy atom. The van der Waals surface area contributed by atoms with Gasteiger partial charge in [0.2, 0.25) is 10.0 Å². The SMILES string of the molecule is NS(=O)(=O)c1ccc(NCCOCCO)cc1. The molecule has 0 heterocycles. The van der Waals surface area contributed by atoms with Crippen molar-refractivity contribution in [2.75, 3.05) is 31.7 Å². The smallest absolute Gasteiger partial charge is 0.238 e. The first-order valence-corrected chi connectivity index (χ1v) is 6.64. The molecule has 7 heteroatoms. The molecule has 0 aromatic heterocycles. The molecule has 0 radical (unpaired) electrons. The van der Waals surface area contributed by atoms with Crippen LogP contribution < -0.4 is 10.5 Å². The molecular weight excluding hydrogens is 244 g/mol. The number of rotatable bonds is 7. The topological polar surface area (TPSA) is 102 Å². The van der Waals surface area contributed by atoms with Gasteiger partial charge in [-0.2, -0.15) is 0 Å². The third kappa shape index (κ3) is 5.14. The molecule has 0 atom stereocenters. The number of ether oxygens (including phenoxy) is 1. The summed E-state index contributed by atoms with van der Waals surface area (Å²) < 4.78 is 27.0. The van der Waals surface area contributed by atoms with Crippen LogP contribution in [0.15, 0.2) is 29.2 Å². The van der Waals surface area contributed by atoms with Gasteiger partial charge in [-0.15, -0.1) is 0 Å². The zero-order chi connectivity index (χ0) is 12.7. The highest BCUT2D eigenvalue weighted by Gasteiger charge is 2.06. The highest BCUT2D eigenvalue weighted by Crippen LogP contribution is 2.12. The van der Waals surface area contributed by atoms with Gasteiger partial charge in [0.15, 0.2) is 0 Å². The lowest BCUT2D eigenvalue weighted by atomic mass is 10.3. The lowest BCUT2D eigenvalue weighted by Gasteiger charge is -2.07. The van der Waals surface area contributed by atoms with Crippen LogP contribution in [0.4, 0.5) is 5.69 Å². The number of aliphatic hydroxyl groups is 1. The Morgan fingerprint density at radius 3 is 2.41 bits per heavy atom. The van der Waals surface area contributed by atoms with Crippen molar-refractivity contribution in [3.8, 4) is 0 Å². The first kappa shape index (κ1) is 13.9. The van der Waals surface area contributed by atoms with Gasteiger partial charge in [-0.3, -0.25) is 0 Å². The van der Waals surface area contributed by atoms with Gasteiger partial charge in [-0.05, 0) is 24.3 Å². The molecule has 0 bridgehead atoms. The summed E-state index contributed by atoms with van der Waals surface area (Å²) in [4.78, 5) is 0.0829. The van der Waals surface area contributed by atoms with Crippen molar-refractivity contribution in [1.29, 1.82) is 0 Å². The van der Waals surface area contributed by atoms with Gasteiger partial charge < -0.3 is 15.2 Å². The van der Waals surface area contributed by atoms with Gasteiger partial charge in [0.25, 0.3) is 0 Å². The van der Waals surface area contributed by atoms with Crippen molar-refractivity contribution in [3.05, 3.63) is 24.3 Å². The highest BCUT2D eigenvalue weighted by molar-refractivity contribution is 7.89. The molecule has 0 fully saturated rings. The van der Waals surface area contributed by atoms with E-state index in [4.69, 9.17) is 15.0 Å². The maximum atomic E-state index is 11.0. The van der Waals surface area contributed by atoms with Crippen LogP contribution in [0.1, 0.15) is 0 Å². The van der Waals surface area contributed by atoms with E-state index in [0.29, 0.717) is 19.8 Å². The zero-order valence-electron chi connectivity index (χ0n) is 9.30. The monoisotopic (exact) mass is 260 g/mol. The molecule has 4 N–H and O–H groups in total. The third-order valence-corrected chi connectivity index (χ3v) is 2.92. The van der Waals surface area contributed by atoms with Crippen LogP contribution in [-0.2, 0) is 14.8 Å². The standard InChI is InChI=1S/C10H16N2O4S/c11-17(14,15)10-3-1-9(2-4-10)12-5-7-16-8-6-13/h1-4,12-13H,5-8H2,(H2,11,14,15). The van der Waals surface area contributed by atoms with Crippen LogP contribution in [0.25, 0.3) is 0 Å². The summed E-state index contributed by atoms with van der Waals surface area (Å²) in [7, 11) is -3.63. The van der Waals surface area contributed by atoms with Gasteiger partial charge >= 0.3 is 0 Å². The van der Waals surface area contributed by atoms with E-state index < -0.39 is 10.0 Å². The van der Waals surface area contributed by atoms with E-state index in [1.807, 2.05) is 0 Å². The van der Waals surface area contributed by atoms with Gasteiger partial charge in [-0.25, -0.2) is 13.6 Å². The fourth-order valence-corrected chi connectivity index (χ4v) is 1.71. The fraction of sp³-hybridized carbons (Fsp3) is 0.400. The Morgan fingerprint density at radius 1 is 1.24 bits per heavy atom. The molecule has 6 nitrogen and oxygen atoms in total. The molecule has 0 spiro atoms. The van der Waals surface area contributed by atoms with Crippen molar-refractivity contribution < 1.29 is 18.3 Å². The molecule has 17 heavy (non-hydrogen) atoms. The fourth-order valence-electron chi connectivity index (χ4n) is 1.20. The summed E-state index contributed by atoms with van der Waals surface area (Å²) in [6.07, 6.45) is 0. The number of primary sulfonamides is 1. The van der Waals surface area contributed by atoms with E-state index in [2.05, 4.69) is 5.32 Å². The third-order valence-electron chi connectivity index (χ3n) is 1.99. The molecule has 1 aromatic carbocycles.